The number of rotatable bonds is 5. The van der Waals surface area contributed by atoms with E-state index in [1.165, 1.54) is 19.2 Å². The lowest BCUT2D eigenvalue weighted by atomic mass is 10.1. The number of amides is 2. The van der Waals surface area contributed by atoms with Gasteiger partial charge in [0.15, 0.2) is 0 Å². The van der Waals surface area contributed by atoms with Crippen LogP contribution < -0.4 is 16.0 Å². The van der Waals surface area contributed by atoms with Crippen LogP contribution in [0.5, 0.6) is 0 Å². The van der Waals surface area contributed by atoms with Gasteiger partial charge < -0.3 is 15.4 Å². The van der Waals surface area contributed by atoms with Crippen molar-refractivity contribution in [2.45, 2.75) is 0 Å². The van der Waals surface area contributed by atoms with Crippen molar-refractivity contribution < 1.29 is 19.2 Å². The third-order valence-corrected chi connectivity index (χ3v) is 2.33. The van der Waals surface area contributed by atoms with E-state index in [1.54, 1.807) is 13.1 Å². The molecule has 1 rings (SSSR count). The van der Waals surface area contributed by atoms with Gasteiger partial charge in [0, 0.05) is 17.7 Å². The highest BCUT2D eigenvalue weighted by molar-refractivity contribution is 6.01. The molecule has 20 heavy (non-hydrogen) atoms. The predicted molar refractivity (Wildman–Crippen MR) is 71.3 cm³/mol. The van der Waals surface area contributed by atoms with Crippen LogP contribution in [0.25, 0.3) is 0 Å². The van der Waals surface area contributed by atoms with Crippen molar-refractivity contribution in [2.75, 3.05) is 31.5 Å². The number of carbonyl (C=O) groups is 2. The molecule has 0 saturated heterocycles. The highest BCUT2D eigenvalue weighted by atomic mass is 16.6. The van der Waals surface area contributed by atoms with Crippen molar-refractivity contribution in [3.8, 4) is 0 Å². The van der Waals surface area contributed by atoms with Crippen LogP contribution in [0.2, 0.25) is 0 Å². The maximum atomic E-state index is 11.6. The summed E-state index contributed by atoms with van der Waals surface area (Å²) in [5, 5.41) is 17.4. The smallest absolute Gasteiger partial charge is 0.339 e. The van der Waals surface area contributed by atoms with Crippen molar-refractivity contribution in [2.24, 2.45) is 0 Å². The number of carbonyl (C=O) groups excluding carboxylic acids is 2. The Kier molecular flexibility index (Phi) is 5.27. The summed E-state index contributed by atoms with van der Waals surface area (Å²) in [6.07, 6.45) is 0. The molecule has 0 saturated carbocycles. The number of anilines is 2. The number of methoxy groups -OCH3 is 1. The van der Waals surface area contributed by atoms with Crippen molar-refractivity contribution >= 4 is 23.4 Å². The average Bonchev–Trinajstić information content (AvgIpc) is 2.44. The molecule has 0 atom stereocenters. The minimum Gasteiger partial charge on any atom is -0.465 e. The third-order valence-electron chi connectivity index (χ3n) is 2.33. The summed E-state index contributed by atoms with van der Waals surface area (Å²) < 4.78 is 4.59. The molecule has 0 heterocycles. The lowest BCUT2D eigenvalue weighted by Crippen LogP contribution is -2.33. The van der Waals surface area contributed by atoms with Crippen molar-refractivity contribution in [3.63, 3.8) is 0 Å². The number of hydrogen-bond acceptors (Lipinski definition) is 6. The average molecular weight is 282 g/mol. The fraction of sp³-hybridized carbons (Fsp3) is 0.273. The SMILES string of the molecule is CNc1ccc(C(=O)OC)c(NC(=O)NC[N+](=O)[O-])c1. The number of urea groups is 1. The van der Waals surface area contributed by atoms with Gasteiger partial charge in [-0.25, -0.2) is 9.59 Å². The Balaban J connectivity index is 2.92. The summed E-state index contributed by atoms with van der Waals surface area (Å²) in [6.45, 7) is -0.717. The van der Waals surface area contributed by atoms with E-state index in [9.17, 15) is 19.7 Å². The first-order chi connectivity index (χ1) is 9.47. The first-order valence-electron chi connectivity index (χ1n) is 5.54. The van der Waals surface area contributed by atoms with Crippen molar-refractivity contribution in [1.29, 1.82) is 0 Å². The van der Waals surface area contributed by atoms with E-state index >= 15 is 0 Å². The van der Waals surface area contributed by atoms with Crippen LogP contribution in [0.4, 0.5) is 16.2 Å². The topological polar surface area (TPSA) is 123 Å². The Bertz CT molecular complexity index is 532. The first-order valence-corrected chi connectivity index (χ1v) is 5.54. The van der Waals surface area contributed by atoms with E-state index in [0.717, 1.165) is 0 Å². The summed E-state index contributed by atoms with van der Waals surface area (Å²) in [5.74, 6) is -0.628. The third kappa shape index (κ3) is 4.12. The fourth-order valence-corrected chi connectivity index (χ4v) is 1.39. The molecule has 3 N–H and O–H groups in total. The van der Waals surface area contributed by atoms with Crippen LogP contribution in [0.1, 0.15) is 10.4 Å². The quantitative estimate of drug-likeness (QED) is 0.319. The molecule has 0 radical (unpaired) electrons. The van der Waals surface area contributed by atoms with Gasteiger partial charge in [0.05, 0.1) is 18.4 Å². The molecule has 0 aliphatic rings. The number of ether oxygens (including phenoxy) is 1. The van der Waals surface area contributed by atoms with Gasteiger partial charge in [-0.15, -0.1) is 0 Å². The minimum atomic E-state index is -0.792. The zero-order valence-electron chi connectivity index (χ0n) is 10.9. The molecule has 0 spiro atoms. The highest BCUT2D eigenvalue weighted by Crippen LogP contribution is 2.21. The van der Waals surface area contributed by atoms with Crippen LogP contribution in [-0.2, 0) is 4.74 Å². The molecule has 108 valence electrons. The molecular weight excluding hydrogens is 268 g/mol. The molecule has 0 bridgehead atoms. The van der Waals surface area contributed by atoms with E-state index in [4.69, 9.17) is 0 Å². The number of benzene rings is 1. The van der Waals surface area contributed by atoms with E-state index in [2.05, 4.69) is 15.4 Å². The molecule has 9 heteroatoms. The second-order valence-electron chi connectivity index (χ2n) is 3.62. The first kappa shape index (κ1) is 15.2. The van der Waals surface area contributed by atoms with Crippen LogP contribution in [-0.4, -0.2) is 37.7 Å². The fourth-order valence-electron chi connectivity index (χ4n) is 1.39. The largest absolute Gasteiger partial charge is 0.465 e. The Morgan fingerprint density at radius 2 is 2.10 bits per heavy atom. The lowest BCUT2D eigenvalue weighted by molar-refractivity contribution is -0.483. The second-order valence-corrected chi connectivity index (χ2v) is 3.62. The zero-order valence-corrected chi connectivity index (χ0v) is 10.9. The Morgan fingerprint density at radius 1 is 1.40 bits per heavy atom. The van der Waals surface area contributed by atoms with Gasteiger partial charge in [0.2, 0.25) is 0 Å². The molecule has 0 aliphatic carbocycles. The molecule has 0 fully saturated rings. The number of esters is 1. The molecular formula is C11H14N4O5. The molecule has 2 amide bonds. The van der Waals surface area contributed by atoms with E-state index in [-0.39, 0.29) is 11.3 Å². The van der Waals surface area contributed by atoms with E-state index < -0.39 is 23.6 Å². The lowest BCUT2D eigenvalue weighted by Gasteiger charge is -2.11. The summed E-state index contributed by atoms with van der Waals surface area (Å²) in [5.41, 5.74) is 0.981. The molecule has 0 aliphatic heterocycles. The zero-order chi connectivity index (χ0) is 15.1. The summed E-state index contributed by atoms with van der Waals surface area (Å²) in [6, 6.07) is 3.82. The van der Waals surface area contributed by atoms with Gasteiger partial charge in [-0.05, 0) is 18.2 Å². The standard InChI is InChI=1S/C11H14N4O5/c1-12-7-3-4-8(10(16)20-2)9(5-7)14-11(17)13-6-15(18)19/h3-5,12H,6H2,1-2H3,(H2,13,14,17). The Morgan fingerprint density at radius 3 is 2.65 bits per heavy atom. The van der Waals surface area contributed by atoms with Crippen molar-refractivity contribution in [1.82, 2.24) is 5.32 Å². The summed E-state index contributed by atoms with van der Waals surface area (Å²) in [7, 11) is 2.88. The van der Waals surface area contributed by atoms with Crippen molar-refractivity contribution in [3.05, 3.63) is 33.9 Å². The monoisotopic (exact) mass is 282 g/mol. The van der Waals surface area contributed by atoms with E-state index in [0.29, 0.717) is 5.69 Å². The molecule has 1 aromatic rings. The normalized spacial score (nSPS) is 9.50. The number of nitrogens with zero attached hydrogens (tertiary/aromatic N) is 1. The number of hydrogen-bond donors (Lipinski definition) is 3. The maximum absolute atomic E-state index is 11.6. The van der Waals surface area contributed by atoms with Gasteiger partial charge in [-0.2, -0.15) is 0 Å². The Hall–Kier alpha value is -2.84. The van der Waals surface area contributed by atoms with Gasteiger partial charge >= 0.3 is 12.0 Å². The maximum Gasteiger partial charge on any atom is 0.339 e. The second kappa shape index (κ2) is 6.92. The molecule has 1 aromatic carbocycles. The van der Waals surface area contributed by atoms with Gasteiger partial charge in [0.25, 0.3) is 6.67 Å². The van der Waals surface area contributed by atoms with Gasteiger partial charge in [0.1, 0.15) is 0 Å². The Labute approximate surface area is 114 Å². The van der Waals surface area contributed by atoms with Crippen LogP contribution in [0, 0.1) is 10.1 Å². The minimum absolute atomic E-state index is 0.141. The molecule has 9 nitrogen and oxygen atoms in total. The molecule has 0 unspecified atom stereocenters. The predicted octanol–water partition coefficient (Wildman–Crippen LogP) is 0.871. The van der Waals surface area contributed by atoms with Gasteiger partial charge in [-0.1, -0.05) is 0 Å². The van der Waals surface area contributed by atoms with Gasteiger partial charge in [-0.3, -0.25) is 15.4 Å². The van der Waals surface area contributed by atoms with Crippen LogP contribution in [0.15, 0.2) is 18.2 Å². The van der Waals surface area contributed by atoms with Crippen LogP contribution in [0.3, 0.4) is 0 Å². The van der Waals surface area contributed by atoms with Crippen LogP contribution >= 0.6 is 0 Å². The number of nitro groups is 1. The van der Waals surface area contributed by atoms with E-state index in [1.807, 2.05) is 5.32 Å². The number of nitrogens with one attached hydrogen (secondary N) is 3. The molecule has 0 aromatic heterocycles. The summed E-state index contributed by atoms with van der Waals surface area (Å²) in [4.78, 5) is 32.5. The summed E-state index contributed by atoms with van der Waals surface area (Å²) >= 11 is 0. The highest BCUT2D eigenvalue weighted by Gasteiger charge is 2.15.